The number of nitro benzene ring substituents is 1. The molecule has 0 radical (unpaired) electrons. The van der Waals surface area contributed by atoms with Crippen molar-refractivity contribution < 1.29 is 9.72 Å². The molecule has 4 rings (SSSR count). The van der Waals surface area contributed by atoms with E-state index in [-0.39, 0.29) is 5.69 Å². The minimum Gasteiger partial charge on any atom is -0.329 e. The van der Waals surface area contributed by atoms with E-state index in [1.54, 1.807) is 18.2 Å². The molecule has 4 N–H and O–H groups in total. The molecule has 1 aliphatic carbocycles. The van der Waals surface area contributed by atoms with E-state index in [0.29, 0.717) is 18.5 Å². The van der Waals surface area contributed by atoms with Gasteiger partial charge in [0.15, 0.2) is 6.29 Å². The number of para-hydroxylation sites is 1. The molecule has 0 amide bonds. The van der Waals surface area contributed by atoms with Gasteiger partial charge in [0, 0.05) is 36.3 Å². The quantitative estimate of drug-likeness (QED) is 0.332. The number of rotatable bonds is 3. The lowest BCUT2D eigenvalue weighted by Crippen LogP contribution is -2.27. The third-order valence-electron chi connectivity index (χ3n) is 5.37. The number of non-ortho nitro benzene ring substituents is 1. The lowest BCUT2D eigenvalue weighted by Gasteiger charge is -2.34. The number of hydrogen-bond donors (Lipinski definition) is 2. The maximum absolute atomic E-state index is 10.9. The summed E-state index contributed by atoms with van der Waals surface area (Å²) in [7, 11) is 0. The van der Waals surface area contributed by atoms with Crippen molar-refractivity contribution in [3.05, 3.63) is 68.7 Å². The predicted molar refractivity (Wildman–Crippen MR) is 131 cm³/mol. The van der Waals surface area contributed by atoms with E-state index in [1.165, 1.54) is 41.1 Å². The maximum Gasteiger partial charge on any atom is 0.269 e. The molecule has 3 aromatic rings. The largest absolute Gasteiger partial charge is 0.329 e. The van der Waals surface area contributed by atoms with Gasteiger partial charge in [-0.25, -0.2) is 4.98 Å². The van der Waals surface area contributed by atoms with Crippen molar-refractivity contribution in [2.24, 2.45) is 22.8 Å². The number of nitrogens with zero attached hydrogens (tertiary/aromatic N) is 2. The zero-order chi connectivity index (χ0) is 23.7. The van der Waals surface area contributed by atoms with Gasteiger partial charge < -0.3 is 11.5 Å². The second-order valence-corrected chi connectivity index (χ2v) is 9.79. The van der Waals surface area contributed by atoms with Crippen LogP contribution in [0.4, 0.5) is 5.69 Å². The number of fused-ring (bicyclic) bond motifs is 2. The number of aromatic nitrogens is 1. The molecule has 1 unspecified atom stereocenters. The monoisotopic (exact) mass is 456 g/mol. The van der Waals surface area contributed by atoms with Gasteiger partial charge in [0.05, 0.1) is 9.80 Å². The van der Waals surface area contributed by atoms with Crippen LogP contribution < -0.4 is 11.5 Å². The van der Waals surface area contributed by atoms with Crippen molar-refractivity contribution in [3.63, 3.8) is 0 Å². The zero-order valence-electron chi connectivity index (χ0n) is 18.9. The molecule has 7 nitrogen and oxygen atoms in total. The molecule has 2 heterocycles. The highest BCUT2D eigenvalue weighted by atomic mass is 32.1. The molecule has 2 aromatic heterocycles. The number of thiophene rings is 1. The molecule has 0 saturated carbocycles. The fourth-order valence-electron chi connectivity index (χ4n) is 3.49. The number of aryl methyl sites for hydroxylation is 1. The molecular formula is C24H32N4O3S. The second-order valence-electron chi connectivity index (χ2n) is 8.73. The van der Waals surface area contributed by atoms with E-state index in [9.17, 15) is 14.9 Å². The van der Waals surface area contributed by atoms with E-state index >= 15 is 0 Å². The van der Waals surface area contributed by atoms with Gasteiger partial charge in [-0.2, -0.15) is 0 Å². The van der Waals surface area contributed by atoms with Crippen molar-refractivity contribution in [1.29, 1.82) is 0 Å². The number of hydrogen-bond acceptors (Lipinski definition) is 7. The number of carbonyl (C=O) groups is 1. The highest BCUT2D eigenvalue weighted by Gasteiger charge is 2.29. The lowest BCUT2D eigenvalue weighted by molar-refractivity contribution is -0.384. The van der Waals surface area contributed by atoms with Gasteiger partial charge in [0.1, 0.15) is 4.83 Å². The number of nitro groups is 1. The van der Waals surface area contributed by atoms with Gasteiger partial charge in [-0.3, -0.25) is 14.9 Å². The molecule has 1 aromatic carbocycles. The highest BCUT2D eigenvalue weighted by Crippen LogP contribution is 2.38. The minimum atomic E-state index is -0.417. The molecule has 8 heteroatoms. The van der Waals surface area contributed by atoms with Crippen LogP contribution in [-0.2, 0) is 12.8 Å². The molecule has 0 saturated heterocycles. The molecule has 0 fully saturated rings. The van der Waals surface area contributed by atoms with Gasteiger partial charge in [-0.15, -0.1) is 11.3 Å². The van der Waals surface area contributed by atoms with Crippen LogP contribution in [0, 0.1) is 21.4 Å². The van der Waals surface area contributed by atoms with Crippen LogP contribution in [0.15, 0.2) is 42.5 Å². The zero-order valence-corrected chi connectivity index (χ0v) is 19.7. The SMILES string of the molecule is CC(C)(C)C1CCc2nc3sc(C=O)cc3cc2C1.NCCN.O=[N+]([O-])c1ccccc1. The summed E-state index contributed by atoms with van der Waals surface area (Å²) in [6, 6.07) is 12.1. The standard InChI is InChI=1S/C16H19NOS.C6H5NO2.C2H8N2/c1-16(2,3)12-4-5-14-10(7-12)6-11-8-13(9-18)19-15(11)17-14;8-7(9)6-4-2-1-3-5-6;3-1-2-4/h6,8-9,12H,4-5,7H2,1-3H3;1-5H;1-4H2. The Kier molecular flexibility index (Phi) is 9.43. The topological polar surface area (TPSA) is 125 Å². The van der Waals surface area contributed by atoms with Crippen LogP contribution in [-0.4, -0.2) is 29.3 Å². The smallest absolute Gasteiger partial charge is 0.269 e. The summed E-state index contributed by atoms with van der Waals surface area (Å²) in [6.45, 7) is 8.16. The highest BCUT2D eigenvalue weighted by molar-refractivity contribution is 7.20. The Morgan fingerprint density at radius 2 is 1.84 bits per heavy atom. The van der Waals surface area contributed by atoms with E-state index in [0.717, 1.165) is 40.1 Å². The normalized spacial score (nSPS) is 15.0. The van der Waals surface area contributed by atoms with Crippen molar-refractivity contribution in [2.45, 2.75) is 40.0 Å². The molecule has 0 aliphatic heterocycles. The average molecular weight is 457 g/mol. The first-order valence-corrected chi connectivity index (χ1v) is 11.5. The summed E-state index contributed by atoms with van der Waals surface area (Å²) >= 11 is 1.50. The molecule has 1 aliphatic rings. The minimum absolute atomic E-state index is 0.137. The summed E-state index contributed by atoms with van der Waals surface area (Å²) in [6.07, 6.45) is 4.33. The summed E-state index contributed by atoms with van der Waals surface area (Å²) in [5.74, 6) is 0.725. The number of benzene rings is 1. The third-order valence-corrected chi connectivity index (χ3v) is 6.34. The Bertz CT molecular complexity index is 1030. The van der Waals surface area contributed by atoms with Crippen LogP contribution in [0.5, 0.6) is 0 Å². The fraction of sp³-hybridized carbons (Fsp3) is 0.417. The summed E-state index contributed by atoms with van der Waals surface area (Å²) in [5, 5.41) is 11.1. The molecule has 1 atom stereocenters. The van der Waals surface area contributed by atoms with Crippen LogP contribution in [0.2, 0.25) is 0 Å². The Labute approximate surface area is 193 Å². The van der Waals surface area contributed by atoms with Crippen LogP contribution in [0.1, 0.15) is 48.1 Å². The third kappa shape index (κ3) is 7.19. The van der Waals surface area contributed by atoms with Gasteiger partial charge in [-0.1, -0.05) is 39.0 Å². The average Bonchev–Trinajstić information content (AvgIpc) is 3.19. The Morgan fingerprint density at radius 1 is 1.19 bits per heavy atom. The summed E-state index contributed by atoms with van der Waals surface area (Å²) in [5.41, 5.74) is 12.9. The number of carbonyl (C=O) groups excluding carboxylic acids is 1. The Hall–Kier alpha value is -2.68. The molecule has 0 bridgehead atoms. The first-order valence-electron chi connectivity index (χ1n) is 10.7. The van der Waals surface area contributed by atoms with E-state index < -0.39 is 4.92 Å². The maximum atomic E-state index is 10.9. The lowest BCUT2D eigenvalue weighted by atomic mass is 9.71. The molecule has 0 spiro atoms. The van der Waals surface area contributed by atoms with Crippen LogP contribution >= 0.6 is 11.3 Å². The van der Waals surface area contributed by atoms with Gasteiger partial charge in [0.2, 0.25) is 0 Å². The van der Waals surface area contributed by atoms with Crippen LogP contribution in [0.3, 0.4) is 0 Å². The molecular weight excluding hydrogens is 424 g/mol. The van der Waals surface area contributed by atoms with E-state index in [2.05, 4.69) is 26.8 Å². The van der Waals surface area contributed by atoms with Gasteiger partial charge in [0.25, 0.3) is 5.69 Å². The van der Waals surface area contributed by atoms with Crippen molar-refractivity contribution >= 4 is 33.5 Å². The van der Waals surface area contributed by atoms with Crippen LogP contribution in [0.25, 0.3) is 10.2 Å². The first kappa shape index (κ1) is 25.6. The van der Waals surface area contributed by atoms with E-state index in [4.69, 9.17) is 16.5 Å². The van der Waals surface area contributed by atoms with Crippen molar-refractivity contribution in [2.75, 3.05) is 13.1 Å². The van der Waals surface area contributed by atoms with Gasteiger partial charge in [-0.05, 0) is 48.3 Å². The summed E-state index contributed by atoms with van der Waals surface area (Å²) < 4.78 is 0. The fourth-order valence-corrected chi connectivity index (χ4v) is 4.34. The molecule has 172 valence electrons. The number of nitrogens with two attached hydrogens (primary N) is 2. The molecule has 32 heavy (non-hydrogen) atoms. The van der Waals surface area contributed by atoms with E-state index in [1.807, 2.05) is 6.07 Å². The second kappa shape index (κ2) is 11.8. The predicted octanol–water partition coefficient (Wildman–Crippen LogP) is 4.76. The summed E-state index contributed by atoms with van der Waals surface area (Å²) in [4.78, 5) is 27.0. The van der Waals surface area contributed by atoms with Gasteiger partial charge >= 0.3 is 0 Å². The Morgan fingerprint density at radius 3 is 2.34 bits per heavy atom. The Balaban J connectivity index is 0.000000233. The van der Waals surface area contributed by atoms with Crippen molar-refractivity contribution in [3.8, 4) is 0 Å². The number of aldehydes is 1. The first-order chi connectivity index (χ1) is 15.2. The number of pyridine rings is 1. The van der Waals surface area contributed by atoms with Crippen molar-refractivity contribution in [1.82, 2.24) is 4.98 Å².